The van der Waals surface area contributed by atoms with Crippen molar-refractivity contribution in [2.45, 2.75) is 6.18 Å². The van der Waals surface area contributed by atoms with E-state index in [1.54, 1.807) is 0 Å². The van der Waals surface area contributed by atoms with Crippen LogP contribution in [0.4, 0.5) is 13.2 Å². The van der Waals surface area contributed by atoms with E-state index in [4.69, 9.17) is 10.2 Å². The summed E-state index contributed by atoms with van der Waals surface area (Å²) in [5, 5.41) is 18.2. The molecule has 116 valence electrons. The van der Waals surface area contributed by atoms with Gasteiger partial charge in [0.25, 0.3) is 0 Å². The largest absolute Gasteiger partial charge is 0.478 e. The molecule has 2 aromatic rings. The molecule has 5 nitrogen and oxygen atoms in total. The molecule has 0 aliphatic carbocycles. The maximum absolute atomic E-state index is 13.2. The summed E-state index contributed by atoms with van der Waals surface area (Å²) >= 11 is 2.97. The van der Waals surface area contributed by atoms with Crippen LogP contribution in [0, 0.1) is 0 Å². The van der Waals surface area contributed by atoms with Crippen LogP contribution >= 0.6 is 15.9 Å². The molecule has 1 heterocycles. The Labute approximate surface area is 129 Å². The number of carbonyl (C=O) groups is 2. The van der Waals surface area contributed by atoms with Crippen LogP contribution in [0.1, 0.15) is 26.4 Å². The summed E-state index contributed by atoms with van der Waals surface area (Å²) in [7, 11) is 0. The van der Waals surface area contributed by atoms with Crippen molar-refractivity contribution in [3.8, 4) is 5.69 Å². The van der Waals surface area contributed by atoms with Crippen LogP contribution in [0.25, 0.3) is 5.69 Å². The van der Waals surface area contributed by atoms with E-state index in [1.807, 2.05) is 0 Å². The molecule has 0 fully saturated rings. The molecule has 1 aromatic heterocycles. The Kier molecular flexibility index (Phi) is 4.01. The van der Waals surface area contributed by atoms with E-state index in [1.165, 1.54) is 0 Å². The highest BCUT2D eigenvalue weighted by molar-refractivity contribution is 9.10. The van der Waals surface area contributed by atoms with E-state index in [9.17, 15) is 22.8 Å². The lowest BCUT2D eigenvalue weighted by Gasteiger charge is -2.17. The monoisotopic (exact) mass is 377 g/mol. The standard InChI is InChI=1S/C13H7BrF3NO4/c14-6-4-9(12(21)22)18(5-6)10-7(11(19)20)2-1-3-8(10)13(15,16)17/h1-5H,(H,19,20)(H,21,22). The number of halogens is 4. The average molecular weight is 378 g/mol. The van der Waals surface area contributed by atoms with Crippen LogP contribution in [0.2, 0.25) is 0 Å². The molecule has 0 aliphatic rings. The Balaban J connectivity index is 2.89. The normalized spacial score (nSPS) is 11.5. The number of nitrogens with zero attached hydrogens (tertiary/aromatic N) is 1. The van der Waals surface area contributed by atoms with Crippen LogP contribution in [-0.4, -0.2) is 26.7 Å². The molecule has 1 aromatic carbocycles. The maximum atomic E-state index is 13.2. The Hall–Kier alpha value is -2.29. The molecule has 0 unspecified atom stereocenters. The first-order chi connectivity index (χ1) is 10.1. The van der Waals surface area contributed by atoms with E-state index in [2.05, 4.69) is 15.9 Å². The maximum Gasteiger partial charge on any atom is 0.418 e. The summed E-state index contributed by atoms with van der Waals surface area (Å²) in [6.07, 6.45) is -3.77. The fourth-order valence-corrected chi connectivity index (χ4v) is 2.41. The van der Waals surface area contributed by atoms with E-state index in [0.29, 0.717) is 10.6 Å². The number of alkyl halides is 3. The number of carboxylic acids is 2. The van der Waals surface area contributed by atoms with Gasteiger partial charge in [-0.1, -0.05) is 6.07 Å². The molecule has 22 heavy (non-hydrogen) atoms. The van der Waals surface area contributed by atoms with E-state index in [-0.39, 0.29) is 4.47 Å². The molecule has 0 bridgehead atoms. The highest BCUT2D eigenvalue weighted by Crippen LogP contribution is 2.37. The second-order valence-electron chi connectivity index (χ2n) is 4.22. The number of benzene rings is 1. The third-order valence-electron chi connectivity index (χ3n) is 2.82. The molecule has 0 amide bonds. The minimum Gasteiger partial charge on any atom is -0.478 e. The van der Waals surface area contributed by atoms with E-state index < -0.39 is 40.6 Å². The van der Waals surface area contributed by atoms with E-state index in [0.717, 1.165) is 24.4 Å². The van der Waals surface area contributed by atoms with Gasteiger partial charge in [0.1, 0.15) is 5.69 Å². The summed E-state index contributed by atoms with van der Waals surface area (Å²) in [5.41, 5.74) is -3.13. The van der Waals surface area contributed by atoms with Crippen LogP contribution in [0.5, 0.6) is 0 Å². The summed E-state index contributed by atoms with van der Waals surface area (Å²) < 4.78 is 40.4. The van der Waals surface area contributed by atoms with Crippen molar-refractivity contribution in [2.75, 3.05) is 0 Å². The summed E-state index contributed by atoms with van der Waals surface area (Å²) in [6, 6.07) is 3.71. The lowest BCUT2D eigenvalue weighted by atomic mass is 10.1. The lowest BCUT2D eigenvalue weighted by molar-refractivity contribution is -0.137. The SMILES string of the molecule is O=C(O)c1cccc(C(F)(F)F)c1-n1cc(Br)cc1C(=O)O. The van der Waals surface area contributed by atoms with Gasteiger partial charge in [0.05, 0.1) is 16.8 Å². The van der Waals surface area contributed by atoms with Crippen LogP contribution < -0.4 is 0 Å². The zero-order valence-electron chi connectivity index (χ0n) is 10.6. The highest BCUT2D eigenvalue weighted by Gasteiger charge is 2.36. The molecule has 2 N–H and O–H groups in total. The van der Waals surface area contributed by atoms with Crippen molar-refractivity contribution < 1.29 is 33.0 Å². The fourth-order valence-electron chi connectivity index (χ4n) is 1.98. The van der Waals surface area contributed by atoms with Crippen molar-refractivity contribution in [1.82, 2.24) is 4.57 Å². The second-order valence-corrected chi connectivity index (χ2v) is 5.14. The fraction of sp³-hybridized carbons (Fsp3) is 0.0769. The Morgan fingerprint density at radius 3 is 2.27 bits per heavy atom. The lowest BCUT2D eigenvalue weighted by Crippen LogP contribution is -2.17. The summed E-state index contributed by atoms with van der Waals surface area (Å²) in [4.78, 5) is 22.4. The van der Waals surface area contributed by atoms with Gasteiger partial charge in [0.15, 0.2) is 0 Å². The van der Waals surface area contributed by atoms with Gasteiger partial charge in [-0.25, -0.2) is 9.59 Å². The van der Waals surface area contributed by atoms with Crippen molar-refractivity contribution >= 4 is 27.9 Å². The number of carboxylic acid groups (broad SMARTS) is 2. The number of rotatable bonds is 3. The minimum absolute atomic E-state index is 0.207. The molecular weight excluding hydrogens is 371 g/mol. The summed E-state index contributed by atoms with van der Waals surface area (Å²) in [5.74, 6) is -3.08. The van der Waals surface area contributed by atoms with Gasteiger partial charge in [-0.2, -0.15) is 13.2 Å². The quantitative estimate of drug-likeness (QED) is 0.855. The predicted octanol–water partition coefficient (Wildman–Crippen LogP) is 3.66. The van der Waals surface area contributed by atoms with Gasteiger partial charge in [-0.05, 0) is 34.1 Å². The Morgan fingerprint density at radius 1 is 1.14 bits per heavy atom. The van der Waals surface area contributed by atoms with Crippen molar-refractivity contribution in [1.29, 1.82) is 0 Å². The Bertz CT molecular complexity index is 767. The highest BCUT2D eigenvalue weighted by atomic mass is 79.9. The number of para-hydroxylation sites is 1. The second kappa shape index (κ2) is 5.48. The zero-order valence-corrected chi connectivity index (χ0v) is 12.1. The van der Waals surface area contributed by atoms with Crippen LogP contribution in [-0.2, 0) is 6.18 Å². The van der Waals surface area contributed by atoms with Crippen LogP contribution in [0.15, 0.2) is 34.9 Å². The van der Waals surface area contributed by atoms with Gasteiger partial charge in [0, 0.05) is 10.7 Å². The van der Waals surface area contributed by atoms with Crippen molar-refractivity contribution in [3.63, 3.8) is 0 Å². The smallest absolute Gasteiger partial charge is 0.418 e. The molecule has 0 saturated heterocycles. The third kappa shape index (κ3) is 2.84. The zero-order chi connectivity index (χ0) is 16.7. The van der Waals surface area contributed by atoms with Gasteiger partial charge in [-0.15, -0.1) is 0 Å². The topological polar surface area (TPSA) is 79.5 Å². The van der Waals surface area contributed by atoms with Crippen LogP contribution in [0.3, 0.4) is 0 Å². The number of hydrogen-bond acceptors (Lipinski definition) is 2. The predicted molar refractivity (Wildman–Crippen MR) is 72.4 cm³/mol. The van der Waals surface area contributed by atoms with Gasteiger partial charge in [-0.3, -0.25) is 0 Å². The van der Waals surface area contributed by atoms with Gasteiger partial charge < -0.3 is 14.8 Å². The molecule has 9 heteroatoms. The van der Waals surface area contributed by atoms with Crippen molar-refractivity contribution in [3.05, 3.63) is 51.8 Å². The first kappa shape index (κ1) is 16.1. The van der Waals surface area contributed by atoms with Gasteiger partial charge in [0.2, 0.25) is 0 Å². The average Bonchev–Trinajstić information content (AvgIpc) is 2.78. The first-order valence-electron chi connectivity index (χ1n) is 5.68. The van der Waals surface area contributed by atoms with E-state index >= 15 is 0 Å². The summed E-state index contributed by atoms with van der Waals surface area (Å²) in [6.45, 7) is 0. The molecule has 0 aliphatic heterocycles. The number of hydrogen-bond donors (Lipinski definition) is 2. The number of aromatic carboxylic acids is 2. The Morgan fingerprint density at radius 2 is 1.77 bits per heavy atom. The molecule has 2 rings (SSSR count). The molecule has 0 atom stereocenters. The molecular formula is C13H7BrF3NO4. The number of aromatic nitrogens is 1. The molecule has 0 saturated carbocycles. The minimum atomic E-state index is -4.84. The first-order valence-corrected chi connectivity index (χ1v) is 6.47. The molecule has 0 spiro atoms. The third-order valence-corrected chi connectivity index (χ3v) is 3.25. The van der Waals surface area contributed by atoms with Gasteiger partial charge >= 0.3 is 18.1 Å². The van der Waals surface area contributed by atoms with Crippen molar-refractivity contribution in [2.24, 2.45) is 0 Å². The molecule has 0 radical (unpaired) electrons.